The molecule has 1 N–H and O–H groups in total. The highest BCUT2D eigenvalue weighted by Crippen LogP contribution is 2.15. The van der Waals surface area contributed by atoms with Crippen LogP contribution in [0.3, 0.4) is 0 Å². The largest absolute Gasteiger partial charge is 0.483 e. The maximum absolute atomic E-state index is 10.8. The molecule has 0 spiro atoms. The highest BCUT2D eigenvalue weighted by atomic mass is 16.3. The van der Waals surface area contributed by atoms with E-state index in [0.29, 0.717) is 0 Å². The van der Waals surface area contributed by atoms with Gasteiger partial charge in [-0.15, -0.1) is 0 Å². The lowest BCUT2D eigenvalue weighted by atomic mass is 9.99. The fraction of sp³-hybridized carbons (Fsp3) is 0.818. The molecule has 90 valence electrons. The molecule has 0 aromatic heterocycles. The molecule has 0 aromatic carbocycles. The Morgan fingerprint density at radius 2 is 1.67 bits per heavy atom. The zero-order valence-corrected chi connectivity index (χ0v) is 10.2. The first kappa shape index (κ1) is 16.4. The van der Waals surface area contributed by atoms with Crippen molar-refractivity contribution >= 4 is 12.4 Å². The summed E-state index contributed by atoms with van der Waals surface area (Å²) in [5.41, 5.74) is 0. The molecule has 15 heavy (non-hydrogen) atoms. The van der Waals surface area contributed by atoms with Gasteiger partial charge in [0, 0.05) is 20.0 Å². The maximum atomic E-state index is 10.8. The van der Waals surface area contributed by atoms with Gasteiger partial charge in [0.05, 0.1) is 0 Å². The van der Waals surface area contributed by atoms with Crippen LogP contribution in [0, 0.1) is 5.92 Å². The molecule has 0 atom stereocenters. The molecule has 0 bridgehead atoms. The fourth-order valence-corrected chi connectivity index (χ4v) is 1.32. The third-order valence-corrected chi connectivity index (χ3v) is 2.23. The van der Waals surface area contributed by atoms with E-state index in [2.05, 4.69) is 6.92 Å². The van der Waals surface area contributed by atoms with Gasteiger partial charge in [-0.25, -0.2) is 0 Å². The Morgan fingerprint density at radius 1 is 1.33 bits per heavy atom. The van der Waals surface area contributed by atoms with Crippen LogP contribution < -0.4 is 0 Å². The first-order valence-electron chi connectivity index (χ1n) is 5.45. The third-order valence-electron chi connectivity index (χ3n) is 2.23. The van der Waals surface area contributed by atoms with Crippen LogP contribution in [0.5, 0.6) is 0 Å². The summed E-state index contributed by atoms with van der Waals surface area (Å²) < 4.78 is 0. The van der Waals surface area contributed by atoms with Crippen molar-refractivity contribution in [3.63, 3.8) is 0 Å². The molecule has 0 unspecified atom stereocenters. The summed E-state index contributed by atoms with van der Waals surface area (Å²) in [5, 5.41) is 6.89. The first-order chi connectivity index (χ1) is 7.11. The summed E-state index contributed by atoms with van der Waals surface area (Å²) in [6.45, 7) is 9.58. The lowest BCUT2D eigenvalue weighted by Gasteiger charge is -2.29. The monoisotopic (exact) mass is 217 g/mol. The van der Waals surface area contributed by atoms with E-state index in [4.69, 9.17) is 9.90 Å². The Bertz CT molecular complexity index is 163. The van der Waals surface area contributed by atoms with Crippen LogP contribution >= 0.6 is 0 Å². The molecule has 1 heterocycles. The molecule has 0 radical (unpaired) electrons. The van der Waals surface area contributed by atoms with Gasteiger partial charge in [0.2, 0.25) is 5.91 Å². The summed E-state index contributed by atoms with van der Waals surface area (Å²) >= 11 is 0. The van der Waals surface area contributed by atoms with Gasteiger partial charge in [0.1, 0.15) is 0 Å². The van der Waals surface area contributed by atoms with Crippen LogP contribution in [-0.4, -0.2) is 35.5 Å². The van der Waals surface area contributed by atoms with Gasteiger partial charge in [0.15, 0.2) is 0 Å². The van der Waals surface area contributed by atoms with E-state index in [0.717, 1.165) is 19.0 Å². The van der Waals surface area contributed by atoms with Crippen LogP contribution in [0.25, 0.3) is 0 Å². The van der Waals surface area contributed by atoms with Gasteiger partial charge in [-0.2, -0.15) is 0 Å². The van der Waals surface area contributed by atoms with E-state index < -0.39 is 0 Å². The summed E-state index contributed by atoms with van der Waals surface area (Å²) in [6.07, 6.45) is 2.36. The molecule has 4 nitrogen and oxygen atoms in total. The van der Waals surface area contributed by atoms with Gasteiger partial charge in [-0.3, -0.25) is 9.59 Å². The number of carboxylic acid groups (broad SMARTS) is 1. The molecule has 1 aliphatic heterocycles. The van der Waals surface area contributed by atoms with Crippen LogP contribution in [0.4, 0.5) is 0 Å². The van der Waals surface area contributed by atoms with Crippen LogP contribution in [0.1, 0.15) is 40.5 Å². The molecule has 1 aliphatic rings. The van der Waals surface area contributed by atoms with Gasteiger partial charge < -0.3 is 10.0 Å². The third kappa shape index (κ3) is 9.25. The number of nitrogens with zero attached hydrogens (tertiary/aromatic N) is 1. The van der Waals surface area contributed by atoms with Gasteiger partial charge in [-0.05, 0) is 18.8 Å². The van der Waals surface area contributed by atoms with E-state index in [1.807, 2.05) is 18.7 Å². The Balaban J connectivity index is 0. The zero-order chi connectivity index (χ0) is 12.3. The van der Waals surface area contributed by atoms with Crippen molar-refractivity contribution in [2.75, 3.05) is 13.1 Å². The van der Waals surface area contributed by atoms with Crippen molar-refractivity contribution in [3.8, 4) is 0 Å². The zero-order valence-electron chi connectivity index (χ0n) is 10.2. The summed E-state index contributed by atoms with van der Waals surface area (Å²) in [7, 11) is 0. The topological polar surface area (TPSA) is 57.6 Å². The van der Waals surface area contributed by atoms with Crippen LogP contribution in [0.15, 0.2) is 0 Å². The summed E-state index contributed by atoms with van der Waals surface area (Å²) in [5.74, 6) is 1.04. The van der Waals surface area contributed by atoms with Crippen LogP contribution in [-0.2, 0) is 9.59 Å². The average Bonchev–Trinajstić information content (AvgIpc) is 2.22. The van der Waals surface area contributed by atoms with Crippen molar-refractivity contribution < 1.29 is 14.7 Å². The normalized spacial score (nSPS) is 15.3. The van der Waals surface area contributed by atoms with Crippen molar-refractivity contribution in [1.29, 1.82) is 0 Å². The molecule has 1 fully saturated rings. The molecule has 1 rings (SSSR count). The molecule has 1 amide bonds. The first-order valence-corrected chi connectivity index (χ1v) is 5.45. The van der Waals surface area contributed by atoms with E-state index in [1.54, 1.807) is 6.92 Å². The molecule has 0 aliphatic carbocycles. The molecular formula is C11H23NO3. The van der Waals surface area contributed by atoms with Crippen LogP contribution in [0.2, 0.25) is 0 Å². The Morgan fingerprint density at radius 3 is 1.93 bits per heavy atom. The Hall–Kier alpha value is -1.06. The minimum atomic E-state index is -0.250. The van der Waals surface area contributed by atoms with Crippen molar-refractivity contribution in [1.82, 2.24) is 4.90 Å². The highest BCUT2D eigenvalue weighted by Gasteiger charge is 2.16. The number of piperidine rings is 1. The number of amides is 1. The quantitative estimate of drug-likeness (QED) is 0.631. The molecule has 1 saturated heterocycles. The van der Waals surface area contributed by atoms with Gasteiger partial charge >= 0.3 is 0 Å². The van der Waals surface area contributed by atoms with Gasteiger partial charge in [0.25, 0.3) is 6.47 Å². The Labute approximate surface area is 92.3 Å². The molecule has 0 saturated carbocycles. The minimum absolute atomic E-state index is 0.229. The SMILES string of the molecule is CC.CC(=O)N1CCC(C)CC1.O=CO. The molecular weight excluding hydrogens is 194 g/mol. The number of carbonyl (C=O) groups is 2. The smallest absolute Gasteiger partial charge is 0.290 e. The number of carbonyl (C=O) groups excluding carboxylic acids is 1. The lowest BCUT2D eigenvalue weighted by molar-refractivity contribution is -0.130. The molecule has 4 heteroatoms. The second-order valence-electron chi connectivity index (χ2n) is 3.29. The van der Waals surface area contributed by atoms with E-state index in [1.165, 1.54) is 12.8 Å². The number of rotatable bonds is 0. The van der Waals surface area contributed by atoms with E-state index >= 15 is 0 Å². The lowest BCUT2D eigenvalue weighted by Crippen LogP contribution is -2.36. The second-order valence-corrected chi connectivity index (χ2v) is 3.29. The second kappa shape index (κ2) is 11.0. The van der Waals surface area contributed by atoms with Crippen molar-refractivity contribution in [2.24, 2.45) is 5.92 Å². The number of hydrogen-bond acceptors (Lipinski definition) is 2. The standard InChI is InChI=1S/C8H15NO.C2H6.CH2O2/c1-7-3-5-9(6-4-7)8(2)10;1-2;2-1-3/h7H,3-6H2,1-2H3;1-2H3;1H,(H,2,3). The Kier molecular flexibility index (Phi) is 12.0. The average molecular weight is 217 g/mol. The highest BCUT2D eigenvalue weighted by molar-refractivity contribution is 5.73. The van der Waals surface area contributed by atoms with Gasteiger partial charge in [-0.1, -0.05) is 20.8 Å². The van der Waals surface area contributed by atoms with Crippen molar-refractivity contribution in [3.05, 3.63) is 0 Å². The minimum Gasteiger partial charge on any atom is -0.483 e. The summed E-state index contributed by atoms with van der Waals surface area (Å²) in [6, 6.07) is 0. The molecule has 0 aromatic rings. The fourth-order valence-electron chi connectivity index (χ4n) is 1.32. The van der Waals surface area contributed by atoms with E-state index in [9.17, 15) is 4.79 Å². The number of likely N-dealkylation sites (tertiary alicyclic amines) is 1. The predicted octanol–water partition coefficient (Wildman–Crippen LogP) is 1.99. The summed E-state index contributed by atoms with van der Waals surface area (Å²) in [4.78, 5) is 21.1. The number of hydrogen-bond donors (Lipinski definition) is 1. The predicted molar refractivity (Wildman–Crippen MR) is 60.7 cm³/mol. The van der Waals surface area contributed by atoms with E-state index in [-0.39, 0.29) is 12.4 Å². The van der Waals surface area contributed by atoms with Crippen molar-refractivity contribution in [2.45, 2.75) is 40.5 Å². The maximum Gasteiger partial charge on any atom is 0.290 e.